The number of nitrogens with one attached hydrogen (secondary N) is 2. The quantitative estimate of drug-likeness (QED) is 0.690. The van der Waals surface area contributed by atoms with Crippen molar-refractivity contribution in [1.29, 1.82) is 5.26 Å². The van der Waals surface area contributed by atoms with Gasteiger partial charge in [-0.25, -0.2) is 4.79 Å². The Hall–Kier alpha value is -2.06. The topological polar surface area (TPSA) is 85.2 Å². The number of carbonyl (C=O) groups is 1. The van der Waals surface area contributed by atoms with E-state index >= 15 is 0 Å². The molecular weight excluding hydrogens is 278 g/mol. The zero-order chi connectivity index (χ0) is 16.4. The number of hydrogen-bond acceptors (Lipinski definition) is 3. The van der Waals surface area contributed by atoms with Gasteiger partial charge in [0.1, 0.15) is 0 Å². The molecule has 0 radical (unpaired) electrons. The summed E-state index contributed by atoms with van der Waals surface area (Å²) in [5.41, 5.74) is 0.693. The zero-order valence-electron chi connectivity index (χ0n) is 13.4. The minimum absolute atomic E-state index is 0.258. The Morgan fingerprint density at radius 2 is 1.77 bits per heavy atom. The van der Waals surface area contributed by atoms with Crippen LogP contribution in [0.5, 0.6) is 0 Å². The second-order valence-corrected chi connectivity index (χ2v) is 5.57. The number of carbonyl (C=O) groups excluding carboxylic acids is 1. The predicted molar refractivity (Wildman–Crippen MR) is 86.2 cm³/mol. The van der Waals surface area contributed by atoms with Crippen molar-refractivity contribution in [2.24, 2.45) is 0 Å². The summed E-state index contributed by atoms with van der Waals surface area (Å²) < 4.78 is 0. The van der Waals surface area contributed by atoms with Gasteiger partial charge in [-0.1, -0.05) is 38.8 Å². The van der Waals surface area contributed by atoms with E-state index in [-0.39, 0.29) is 12.6 Å². The van der Waals surface area contributed by atoms with Crippen LogP contribution in [0.15, 0.2) is 24.3 Å². The van der Waals surface area contributed by atoms with E-state index in [0.29, 0.717) is 24.9 Å². The number of nitriles is 1. The van der Waals surface area contributed by atoms with Crippen molar-refractivity contribution in [3.8, 4) is 6.07 Å². The Balaban J connectivity index is 2.40. The van der Waals surface area contributed by atoms with Crippen LogP contribution in [-0.4, -0.2) is 23.3 Å². The molecule has 22 heavy (non-hydrogen) atoms. The van der Waals surface area contributed by atoms with Crippen molar-refractivity contribution < 1.29 is 9.90 Å². The average molecular weight is 303 g/mol. The van der Waals surface area contributed by atoms with E-state index in [0.717, 1.165) is 18.4 Å². The lowest BCUT2D eigenvalue weighted by molar-refractivity contribution is 0.0241. The summed E-state index contributed by atoms with van der Waals surface area (Å²) in [5, 5.41) is 24.6. The molecule has 0 aliphatic rings. The standard InChI is InChI=1S/C17H25N3O2/c1-3-9-17(22,10-4-2)13-20-16(21)19-12-15-7-5-14(11-18)6-8-15/h5-8,22H,3-4,9-10,12-13H2,1-2H3,(H2,19,20,21). The highest BCUT2D eigenvalue weighted by Crippen LogP contribution is 2.18. The third kappa shape index (κ3) is 6.15. The summed E-state index contributed by atoms with van der Waals surface area (Å²) in [6, 6.07) is 8.81. The lowest BCUT2D eigenvalue weighted by atomic mass is 9.93. The van der Waals surface area contributed by atoms with Gasteiger partial charge in [-0.05, 0) is 30.5 Å². The molecule has 5 heteroatoms. The van der Waals surface area contributed by atoms with Crippen molar-refractivity contribution in [2.45, 2.75) is 51.7 Å². The van der Waals surface area contributed by atoms with Gasteiger partial charge in [0.2, 0.25) is 0 Å². The van der Waals surface area contributed by atoms with Crippen LogP contribution in [0, 0.1) is 11.3 Å². The molecule has 1 aromatic carbocycles. The van der Waals surface area contributed by atoms with Crippen LogP contribution in [0.2, 0.25) is 0 Å². The lowest BCUT2D eigenvalue weighted by Crippen LogP contribution is -2.46. The van der Waals surface area contributed by atoms with E-state index in [2.05, 4.69) is 16.7 Å². The Morgan fingerprint density at radius 1 is 1.18 bits per heavy atom. The average Bonchev–Trinajstić information content (AvgIpc) is 2.52. The minimum Gasteiger partial charge on any atom is -0.388 e. The number of benzene rings is 1. The summed E-state index contributed by atoms with van der Waals surface area (Å²) in [4.78, 5) is 11.8. The normalized spacial score (nSPS) is 10.8. The second-order valence-electron chi connectivity index (χ2n) is 5.57. The van der Waals surface area contributed by atoms with E-state index in [9.17, 15) is 9.90 Å². The van der Waals surface area contributed by atoms with Crippen LogP contribution in [0.3, 0.4) is 0 Å². The third-order valence-electron chi connectivity index (χ3n) is 3.54. The van der Waals surface area contributed by atoms with Crippen molar-refractivity contribution >= 4 is 6.03 Å². The van der Waals surface area contributed by atoms with Gasteiger partial charge in [-0.2, -0.15) is 5.26 Å². The number of urea groups is 1. The number of amides is 2. The molecule has 0 aromatic heterocycles. The lowest BCUT2D eigenvalue weighted by Gasteiger charge is -2.27. The van der Waals surface area contributed by atoms with Crippen molar-refractivity contribution in [2.75, 3.05) is 6.54 Å². The monoisotopic (exact) mass is 303 g/mol. The molecule has 0 aliphatic heterocycles. The Morgan fingerprint density at radius 3 is 2.27 bits per heavy atom. The van der Waals surface area contributed by atoms with E-state index in [1.54, 1.807) is 12.1 Å². The molecule has 2 amide bonds. The number of nitrogens with zero attached hydrogens (tertiary/aromatic N) is 1. The highest BCUT2D eigenvalue weighted by atomic mass is 16.3. The zero-order valence-corrected chi connectivity index (χ0v) is 13.4. The molecule has 0 spiro atoms. The summed E-state index contributed by atoms with van der Waals surface area (Å²) >= 11 is 0. The van der Waals surface area contributed by atoms with E-state index < -0.39 is 5.60 Å². The van der Waals surface area contributed by atoms with Gasteiger partial charge in [0, 0.05) is 13.1 Å². The summed E-state index contributed by atoms with van der Waals surface area (Å²) in [6.07, 6.45) is 3.11. The van der Waals surface area contributed by atoms with Gasteiger partial charge in [0.15, 0.2) is 0 Å². The van der Waals surface area contributed by atoms with E-state index in [1.807, 2.05) is 26.0 Å². The Kier molecular flexibility index (Phi) is 7.41. The fourth-order valence-electron chi connectivity index (χ4n) is 2.42. The fraction of sp³-hybridized carbons (Fsp3) is 0.529. The first-order valence-corrected chi connectivity index (χ1v) is 7.76. The predicted octanol–water partition coefficient (Wildman–Crippen LogP) is 2.69. The van der Waals surface area contributed by atoms with Gasteiger partial charge in [0.05, 0.1) is 17.2 Å². The molecule has 0 fully saturated rings. The molecule has 3 N–H and O–H groups in total. The second kappa shape index (κ2) is 9.06. The maximum atomic E-state index is 11.8. The van der Waals surface area contributed by atoms with E-state index in [4.69, 9.17) is 5.26 Å². The number of rotatable bonds is 8. The molecule has 0 unspecified atom stereocenters. The molecule has 0 aliphatic carbocycles. The van der Waals surface area contributed by atoms with Crippen molar-refractivity contribution in [1.82, 2.24) is 10.6 Å². The van der Waals surface area contributed by atoms with Gasteiger partial charge in [0.25, 0.3) is 0 Å². The molecule has 0 bridgehead atoms. The van der Waals surface area contributed by atoms with Gasteiger partial charge < -0.3 is 15.7 Å². The summed E-state index contributed by atoms with van der Waals surface area (Å²) in [5.74, 6) is 0. The van der Waals surface area contributed by atoms with Gasteiger partial charge >= 0.3 is 6.03 Å². The Bertz CT molecular complexity index is 500. The van der Waals surface area contributed by atoms with Gasteiger partial charge in [-0.3, -0.25) is 0 Å². The highest BCUT2D eigenvalue weighted by Gasteiger charge is 2.25. The van der Waals surface area contributed by atoms with Crippen molar-refractivity contribution in [3.63, 3.8) is 0 Å². The molecule has 120 valence electrons. The fourth-order valence-corrected chi connectivity index (χ4v) is 2.42. The van der Waals surface area contributed by atoms with Crippen LogP contribution >= 0.6 is 0 Å². The summed E-state index contributed by atoms with van der Waals surface area (Å²) in [6.45, 7) is 4.68. The molecule has 0 atom stereocenters. The van der Waals surface area contributed by atoms with Gasteiger partial charge in [-0.15, -0.1) is 0 Å². The first-order valence-electron chi connectivity index (χ1n) is 7.76. The van der Waals surface area contributed by atoms with Crippen LogP contribution in [0.25, 0.3) is 0 Å². The largest absolute Gasteiger partial charge is 0.388 e. The maximum absolute atomic E-state index is 11.8. The molecule has 1 rings (SSSR count). The van der Waals surface area contributed by atoms with E-state index in [1.165, 1.54) is 0 Å². The highest BCUT2D eigenvalue weighted by molar-refractivity contribution is 5.73. The number of aliphatic hydroxyl groups is 1. The van der Waals surface area contributed by atoms with Crippen LogP contribution < -0.4 is 10.6 Å². The van der Waals surface area contributed by atoms with Crippen LogP contribution in [0.1, 0.15) is 50.7 Å². The van der Waals surface area contributed by atoms with Crippen molar-refractivity contribution in [3.05, 3.63) is 35.4 Å². The molecule has 5 nitrogen and oxygen atoms in total. The first kappa shape index (κ1) is 18.0. The summed E-state index contributed by atoms with van der Waals surface area (Å²) in [7, 11) is 0. The molecule has 1 aromatic rings. The SMILES string of the molecule is CCCC(O)(CCC)CNC(=O)NCc1ccc(C#N)cc1. The Labute approximate surface area is 132 Å². The number of hydrogen-bond donors (Lipinski definition) is 3. The molecule has 0 saturated heterocycles. The minimum atomic E-state index is -0.824. The molecular formula is C17H25N3O2. The third-order valence-corrected chi connectivity index (χ3v) is 3.54. The smallest absolute Gasteiger partial charge is 0.315 e. The van der Waals surface area contributed by atoms with Crippen LogP contribution in [0.4, 0.5) is 4.79 Å². The first-order chi connectivity index (χ1) is 10.5. The van der Waals surface area contributed by atoms with Crippen LogP contribution in [-0.2, 0) is 6.54 Å². The molecule has 0 saturated carbocycles. The maximum Gasteiger partial charge on any atom is 0.315 e. The molecule has 0 heterocycles.